The van der Waals surface area contributed by atoms with Crippen LogP contribution in [0.15, 0.2) is 22.7 Å². The van der Waals surface area contributed by atoms with Crippen LogP contribution in [0.25, 0.3) is 0 Å². The predicted octanol–water partition coefficient (Wildman–Crippen LogP) is 2.27. The van der Waals surface area contributed by atoms with Gasteiger partial charge in [0.1, 0.15) is 5.76 Å². The van der Waals surface area contributed by atoms with Crippen molar-refractivity contribution in [2.45, 2.75) is 13.5 Å². The number of nitrogens with zero attached hydrogens (tertiary/aromatic N) is 2. The summed E-state index contributed by atoms with van der Waals surface area (Å²) >= 11 is 1.57. The van der Waals surface area contributed by atoms with Gasteiger partial charge >= 0.3 is 0 Å². The number of rotatable bonds is 3. The third kappa shape index (κ3) is 2.03. The summed E-state index contributed by atoms with van der Waals surface area (Å²) in [5.74, 6) is 1.69. The molecule has 5 heteroatoms. The van der Waals surface area contributed by atoms with Gasteiger partial charge in [-0.2, -0.15) is 0 Å². The summed E-state index contributed by atoms with van der Waals surface area (Å²) in [6, 6.07) is 3.86. The van der Waals surface area contributed by atoms with Crippen LogP contribution in [0.2, 0.25) is 0 Å². The lowest BCUT2D eigenvalue weighted by Crippen LogP contribution is -2.07. The van der Waals surface area contributed by atoms with Crippen molar-refractivity contribution in [3.63, 3.8) is 0 Å². The zero-order chi connectivity index (χ0) is 10.8. The summed E-state index contributed by atoms with van der Waals surface area (Å²) in [6.45, 7) is 2.45. The molecule has 0 bridgehead atoms. The number of aryl methyl sites for hydroxylation is 1. The van der Waals surface area contributed by atoms with E-state index in [0.717, 1.165) is 21.7 Å². The molecule has 0 aliphatic rings. The van der Waals surface area contributed by atoms with Crippen LogP contribution in [-0.2, 0) is 6.54 Å². The van der Waals surface area contributed by atoms with Crippen molar-refractivity contribution < 1.29 is 4.42 Å². The van der Waals surface area contributed by atoms with E-state index in [1.54, 1.807) is 17.5 Å². The number of hydrogen-bond donors (Lipinski definition) is 1. The zero-order valence-corrected chi connectivity index (χ0v) is 9.54. The number of aromatic nitrogens is 1. The van der Waals surface area contributed by atoms with E-state index in [9.17, 15) is 0 Å². The first-order valence-electron chi connectivity index (χ1n) is 4.65. The summed E-state index contributed by atoms with van der Waals surface area (Å²) in [5.41, 5.74) is 5.53. The standard InChI is InChI=1S/C10H13N3OS/c1-7-3-4-9(14-7)13(2)10-12-6-8(5-11)15-10/h3-4,6H,5,11H2,1-2H3. The summed E-state index contributed by atoms with van der Waals surface area (Å²) in [4.78, 5) is 7.26. The van der Waals surface area contributed by atoms with Crippen molar-refractivity contribution in [2.24, 2.45) is 5.73 Å². The van der Waals surface area contributed by atoms with Crippen LogP contribution in [0.1, 0.15) is 10.6 Å². The minimum Gasteiger partial charge on any atom is -0.445 e. The van der Waals surface area contributed by atoms with E-state index in [4.69, 9.17) is 10.2 Å². The van der Waals surface area contributed by atoms with Gasteiger partial charge in [0, 0.05) is 30.7 Å². The Morgan fingerprint density at radius 1 is 1.53 bits per heavy atom. The van der Waals surface area contributed by atoms with E-state index in [2.05, 4.69) is 4.98 Å². The lowest BCUT2D eigenvalue weighted by molar-refractivity contribution is 0.538. The fourth-order valence-electron chi connectivity index (χ4n) is 1.24. The van der Waals surface area contributed by atoms with Gasteiger partial charge in [-0.05, 0) is 13.0 Å². The molecular weight excluding hydrogens is 210 g/mol. The zero-order valence-electron chi connectivity index (χ0n) is 8.73. The Kier molecular flexibility index (Phi) is 2.75. The molecule has 0 saturated heterocycles. The van der Waals surface area contributed by atoms with Gasteiger partial charge in [-0.3, -0.25) is 4.90 Å². The molecule has 0 amide bonds. The molecule has 0 spiro atoms. The van der Waals surface area contributed by atoms with Crippen LogP contribution < -0.4 is 10.6 Å². The number of thiazole rings is 1. The Hall–Kier alpha value is -1.33. The largest absolute Gasteiger partial charge is 0.445 e. The fourth-order valence-corrected chi connectivity index (χ4v) is 2.00. The normalized spacial score (nSPS) is 10.6. The first-order chi connectivity index (χ1) is 7.20. The number of anilines is 2. The molecule has 0 unspecified atom stereocenters. The molecule has 0 aliphatic heterocycles. The number of nitrogens with two attached hydrogens (primary N) is 1. The highest BCUT2D eigenvalue weighted by atomic mass is 32.1. The van der Waals surface area contributed by atoms with Crippen LogP contribution in [0.3, 0.4) is 0 Å². The van der Waals surface area contributed by atoms with Crippen molar-refractivity contribution >= 4 is 22.4 Å². The second-order valence-corrected chi connectivity index (χ2v) is 4.35. The summed E-state index contributed by atoms with van der Waals surface area (Å²) in [6.07, 6.45) is 1.80. The molecule has 80 valence electrons. The minimum atomic E-state index is 0.530. The average Bonchev–Trinajstić information content (AvgIpc) is 2.84. The highest BCUT2D eigenvalue weighted by Crippen LogP contribution is 2.28. The van der Waals surface area contributed by atoms with Crippen LogP contribution in [0, 0.1) is 6.92 Å². The van der Waals surface area contributed by atoms with Gasteiger partial charge in [0.2, 0.25) is 5.88 Å². The molecule has 15 heavy (non-hydrogen) atoms. The molecule has 4 nitrogen and oxygen atoms in total. The van der Waals surface area contributed by atoms with E-state index >= 15 is 0 Å². The monoisotopic (exact) mass is 223 g/mol. The lowest BCUT2D eigenvalue weighted by atomic mass is 10.5. The van der Waals surface area contributed by atoms with Crippen molar-refractivity contribution in [3.05, 3.63) is 29.0 Å². The van der Waals surface area contributed by atoms with Crippen LogP contribution in [0.5, 0.6) is 0 Å². The van der Waals surface area contributed by atoms with E-state index in [0.29, 0.717) is 6.54 Å². The second kappa shape index (κ2) is 4.04. The first-order valence-corrected chi connectivity index (χ1v) is 5.47. The van der Waals surface area contributed by atoms with Gasteiger partial charge in [-0.25, -0.2) is 4.98 Å². The van der Waals surface area contributed by atoms with Crippen LogP contribution in [0.4, 0.5) is 11.0 Å². The Bertz CT molecular complexity index is 449. The van der Waals surface area contributed by atoms with E-state index in [1.807, 2.05) is 31.0 Å². The third-order valence-electron chi connectivity index (χ3n) is 2.09. The Balaban J connectivity index is 2.23. The number of hydrogen-bond acceptors (Lipinski definition) is 5. The van der Waals surface area contributed by atoms with Crippen molar-refractivity contribution in [1.82, 2.24) is 4.98 Å². The molecular formula is C10H13N3OS. The second-order valence-electron chi connectivity index (χ2n) is 3.26. The maximum Gasteiger partial charge on any atom is 0.201 e. The molecule has 2 aromatic heterocycles. The Morgan fingerprint density at radius 2 is 2.33 bits per heavy atom. The van der Waals surface area contributed by atoms with Crippen molar-refractivity contribution in [3.8, 4) is 0 Å². The van der Waals surface area contributed by atoms with Crippen LogP contribution >= 0.6 is 11.3 Å². The molecule has 2 heterocycles. The Labute approximate surface area is 92.3 Å². The van der Waals surface area contributed by atoms with Gasteiger partial charge < -0.3 is 10.2 Å². The SMILES string of the molecule is Cc1ccc(N(C)c2ncc(CN)s2)o1. The first kappa shape index (κ1) is 10.2. The smallest absolute Gasteiger partial charge is 0.201 e. The maximum atomic E-state index is 5.53. The summed E-state index contributed by atoms with van der Waals surface area (Å²) in [5, 5.41) is 0.893. The molecule has 0 atom stereocenters. The summed E-state index contributed by atoms with van der Waals surface area (Å²) in [7, 11) is 1.93. The van der Waals surface area contributed by atoms with Gasteiger partial charge in [0.15, 0.2) is 5.13 Å². The minimum absolute atomic E-state index is 0.530. The van der Waals surface area contributed by atoms with Crippen molar-refractivity contribution in [1.29, 1.82) is 0 Å². The maximum absolute atomic E-state index is 5.53. The molecule has 0 fully saturated rings. The molecule has 0 aliphatic carbocycles. The molecule has 0 saturated carbocycles. The van der Waals surface area contributed by atoms with E-state index < -0.39 is 0 Å². The average molecular weight is 223 g/mol. The quantitative estimate of drug-likeness (QED) is 0.867. The lowest BCUT2D eigenvalue weighted by Gasteiger charge is -2.11. The molecule has 2 N–H and O–H groups in total. The predicted molar refractivity (Wildman–Crippen MR) is 61.5 cm³/mol. The topological polar surface area (TPSA) is 55.3 Å². The van der Waals surface area contributed by atoms with Gasteiger partial charge in [-0.1, -0.05) is 0 Å². The Morgan fingerprint density at radius 3 is 2.87 bits per heavy atom. The molecule has 2 aromatic rings. The van der Waals surface area contributed by atoms with Crippen LogP contribution in [-0.4, -0.2) is 12.0 Å². The highest BCUT2D eigenvalue weighted by Gasteiger charge is 2.11. The molecule has 0 radical (unpaired) electrons. The van der Waals surface area contributed by atoms with E-state index in [-0.39, 0.29) is 0 Å². The third-order valence-corrected chi connectivity index (χ3v) is 3.18. The van der Waals surface area contributed by atoms with Gasteiger partial charge in [0.25, 0.3) is 0 Å². The molecule has 2 rings (SSSR count). The van der Waals surface area contributed by atoms with Gasteiger partial charge in [-0.15, -0.1) is 11.3 Å². The van der Waals surface area contributed by atoms with Gasteiger partial charge in [0.05, 0.1) is 0 Å². The number of furan rings is 1. The summed E-state index contributed by atoms with van der Waals surface area (Å²) < 4.78 is 5.50. The molecule has 0 aromatic carbocycles. The van der Waals surface area contributed by atoms with E-state index in [1.165, 1.54) is 0 Å². The van der Waals surface area contributed by atoms with Crippen molar-refractivity contribution in [2.75, 3.05) is 11.9 Å². The fraction of sp³-hybridized carbons (Fsp3) is 0.300. The highest BCUT2D eigenvalue weighted by molar-refractivity contribution is 7.15.